The van der Waals surface area contributed by atoms with E-state index in [2.05, 4.69) is 0 Å². The van der Waals surface area contributed by atoms with E-state index in [0.717, 1.165) is 5.56 Å². The lowest BCUT2D eigenvalue weighted by atomic mass is 10.1. The van der Waals surface area contributed by atoms with Gasteiger partial charge in [0, 0.05) is 29.2 Å². The summed E-state index contributed by atoms with van der Waals surface area (Å²) in [6, 6.07) is 9.25. The molecule has 0 unspecified atom stereocenters. The summed E-state index contributed by atoms with van der Waals surface area (Å²) in [6.45, 7) is 4.56. The fourth-order valence-corrected chi connectivity index (χ4v) is 5.75. The Morgan fingerprint density at radius 2 is 1.94 bits per heavy atom. The van der Waals surface area contributed by atoms with Gasteiger partial charge in [0.15, 0.2) is 6.79 Å². The number of nitrogens with zero attached hydrogens (tertiary/aromatic N) is 1. The van der Waals surface area contributed by atoms with Gasteiger partial charge in [-0.05, 0) is 44.2 Å². The minimum atomic E-state index is -3.77. The first-order valence-electron chi connectivity index (χ1n) is 10.2. The van der Waals surface area contributed by atoms with E-state index < -0.39 is 16.0 Å². The first kappa shape index (κ1) is 23.0. The standard InChI is InChI=1S/C22H24ClNO7S/c1-14-9-24(10-15(2)31-14)32(26,27)20-5-3-4-16(8-20)22(25)29-12-18-7-19(23)6-17-11-28-13-30-21(17)18/h3-8,14-15H,9-13H2,1-2H3/t14-,15+. The molecule has 4 rings (SSSR count). The molecule has 2 atom stereocenters. The molecule has 1 saturated heterocycles. The molecule has 2 heterocycles. The molecule has 0 N–H and O–H groups in total. The number of halogens is 1. The van der Waals surface area contributed by atoms with Crippen molar-refractivity contribution in [3.05, 3.63) is 58.1 Å². The molecule has 2 aromatic carbocycles. The molecule has 8 nitrogen and oxygen atoms in total. The van der Waals surface area contributed by atoms with Crippen LogP contribution in [0.4, 0.5) is 0 Å². The second-order valence-corrected chi connectivity index (χ2v) is 10.2. The van der Waals surface area contributed by atoms with Crippen molar-refractivity contribution in [3.8, 4) is 5.75 Å². The van der Waals surface area contributed by atoms with Crippen LogP contribution in [0.15, 0.2) is 41.3 Å². The maximum Gasteiger partial charge on any atom is 0.338 e. The van der Waals surface area contributed by atoms with Crippen LogP contribution in [0.5, 0.6) is 5.75 Å². The highest BCUT2D eigenvalue weighted by atomic mass is 35.5. The maximum atomic E-state index is 13.1. The zero-order valence-electron chi connectivity index (χ0n) is 17.7. The van der Waals surface area contributed by atoms with Crippen LogP contribution in [0.3, 0.4) is 0 Å². The smallest absolute Gasteiger partial charge is 0.338 e. The first-order valence-corrected chi connectivity index (χ1v) is 12.0. The second kappa shape index (κ2) is 9.36. The van der Waals surface area contributed by atoms with Crippen molar-refractivity contribution >= 4 is 27.6 Å². The average Bonchev–Trinajstić information content (AvgIpc) is 2.76. The fraction of sp³-hybridized carbons (Fsp3) is 0.409. The Labute approximate surface area is 192 Å². The van der Waals surface area contributed by atoms with E-state index in [4.69, 9.17) is 30.5 Å². The highest BCUT2D eigenvalue weighted by Crippen LogP contribution is 2.32. The Morgan fingerprint density at radius 1 is 1.19 bits per heavy atom. The minimum absolute atomic E-state index is 0.0360. The molecule has 10 heteroatoms. The number of ether oxygens (including phenoxy) is 4. The predicted octanol–water partition coefficient (Wildman–Crippen LogP) is 3.36. The number of fused-ring (bicyclic) bond motifs is 1. The molecule has 32 heavy (non-hydrogen) atoms. The van der Waals surface area contributed by atoms with E-state index in [1.807, 2.05) is 13.8 Å². The van der Waals surface area contributed by atoms with Gasteiger partial charge in [-0.15, -0.1) is 0 Å². The van der Waals surface area contributed by atoms with Gasteiger partial charge < -0.3 is 18.9 Å². The van der Waals surface area contributed by atoms with Crippen molar-refractivity contribution in [3.63, 3.8) is 0 Å². The van der Waals surface area contributed by atoms with Crippen molar-refractivity contribution in [2.24, 2.45) is 0 Å². The lowest BCUT2D eigenvalue weighted by Gasteiger charge is -2.34. The highest BCUT2D eigenvalue weighted by Gasteiger charge is 2.32. The zero-order chi connectivity index (χ0) is 22.9. The van der Waals surface area contributed by atoms with E-state index >= 15 is 0 Å². The van der Waals surface area contributed by atoms with E-state index in [1.165, 1.54) is 28.6 Å². The van der Waals surface area contributed by atoms with Gasteiger partial charge >= 0.3 is 5.97 Å². The normalized spacial score (nSPS) is 21.5. The lowest BCUT2D eigenvalue weighted by Crippen LogP contribution is -2.48. The summed E-state index contributed by atoms with van der Waals surface area (Å²) in [5, 5.41) is 0.478. The number of morpholine rings is 1. The summed E-state index contributed by atoms with van der Waals surface area (Å²) in [5.41, 5.74) is 1.53. The van der Waals surface area contributed by atoms with Crippen molar-refractivity contribution in [2.45, 2.75) is 44.2 Å². The first-order chi connectivity index (χ1) is 15.2. The second-order valence-electron chi connectivity index (χ2n) is 7.85. The van der Waals surface area contributed by atoms with Crippen LogP contribution >= 0.6 is 11.6 Å². The molecule has 2 aliphatic rings. The fourth-order valence-electron chi connectivity index (χ4n) is 3.85. The summed E-state index contributed by atoms with van der Waals surface area (Å²) in [4.78, 5) is 12.7. The summed E-state index contributed by atoms with van der Waals surface area (Å²) in [6.07, 6.45) is -0.421. The summed E-state index contributed by atoms with van der Waals surface area (Å²) in [7, 11) is -3.77. The number of benzene rings is 2. The molecule has 2 aliphatic heterocycles. The van der Waals surface area contributed by atoms with Gasteiger partial charge in [-0.25, -0.2) is 13.2 Å². The summed E-state index contributed by atoms with van der Waals surface area (Å²) in [5.74, 6) is -0.0631. The van der Waals surface area contributed by atoms with Gasteiger partial charge in [0.2, 0.25) is 10.0 Å². The molecular formula is C22H24ClNO7S. The van der Waals surface area contributed by atoms with E-state index in [9.17, 15) is 13.2 Å². The van der Waals surface area contributed by atoms with Gasteiger partial charge in [-0.2, -0.15) is 4.31 Å². The lowest BCUT2D eigenvalue weighted by molar-refractivity contribution is -0.0440. The Hall–Kier alpha value is -2.17. The number of sulfonamides is 1. The van der Waals surface area contributed by atoms with Crippen molar-refractivity contribution in [1.82, 2.24) is 4.31 Å². The van der Waals surface area contributed by atoms with Crippen molar-refractivity contribution < 1.29 is 32.2 Å². The molecule has 172 valence electrons. The van der Waals surface area contributed by atoms with Crippen LogP contribution < -0.4 is 4.74 Å². The van der Waals surface area contributed by atoms with Crippen LogP contribution in [0.1, 0.15) is 35.3 Å². The van der Waals surface area contributed by atoms with Crippen LogP contribution in [0.25, 0.3) is 0 Å². The van der Waals surface area contributed by atoms with E-state index in [-0.39, 0.29) is 49.2 Å². The third-order valence-corrected chi connectivity index (χ3v) is 7.25. The average molecular weight is 482 g/mol. The van der Waals surface area contributed by atoms with Gasteiger partial charge in [0.1, 0.15) is 12.4 Å². The minimum Gasteiger partial charge on any atom is -0.467 e. The molecule has 1 fully saturated rings. The quantitative estimate of drug-likeness (QED) is 0.604. The molecule has 0 bridgehead atoms. The number of carbonyl (C=O) groups is 1. The zero-order valence-corrected chi connectivity index (χ0v) is 19.3. The molecule has 0 spiro atoms. The number of carbonyl (C=O) groups excluding carboxylic acids is 1. The Balaban J connectivity index is 1.50. The highest BCUT2D eigenvalue weighted by molar-refractivity contribution is 7.89. The monoisotopic (exact) mass is 481 g/mol. The van der Waals surface area contributed by atoms with E-state index in [1.54, 1.807) is 12.1 Å². The number of rotatable bonds is 5. The Kier molecular flexibility index (Phi) is 6.73. The van der Waals surface area contributed by atoms with Gasteiger partial charge in [0.05, 0.1) is 29.3 Å². The molecular weight excluding hydrogens is 458 g/mol. The van der Waals surface area contributed by atoms with Crippen LogP contribution in [-0.4, -0.2) is 50.8 Å². The van der Waals surface area contributed by atoms with E-state index in [0.29, 0.717) is 22.9 Å². The summed E-state index contributed by atoms with van der Waals surface area (Å²) < 4.78 is 49.4. The van der Waals surface area contributed by atoms with Gasteiger partial charge in [-0.3, -0.25) is 0 Å². The molecule has 0 radical (unpaired) electrons. The van der Waals surface area contributed by atoms with Crippen LogP contribution in [0.2, 0.25) is 5.02 Å². The third-order valence-electron chi connectivity index (χ3n) is 5.20. The van der Waals surface area contributed by atoms with Crippen molar-refractivity contribution in [2.75, 3.05) is 19.9 Å². The predicted molar refractivity (Wildman–Crippen MR) is 116 cm³/mol. The summed E-state index contributed by atoms with van der Waals surface area (Å²) >= 11 is 6.15. The van der Waals surface area contributed by atoms with Crippen molar-refractivity contribution in [1.29, 1.82) is 0 Å². The molecule has 0 amide bonds. The van der Waals surface area contributed by atoms with Gasteiger partial charge in [-0.1, -0.05) is 17.7 Å². The number of hydrogen-bond donors (Lipinski definition) is 0. The third kappa shape index (κ3) is 4.92. The topological polar surface area (TPSA) is 91.4 Å². The number of esters is 1. The van der Waals surface area contributed by atoms with Crippen LogP contribution in [-0.2, 0) is 37.4 Å². The molecule has 0 saturated carbocycles. The largest absolute Gasteiger partial charge is 0.467 e. The van der Waals surface area contributed by atoms with Crippen LogP contribution in [0, 0.1) is 0 Å². The molecule has 2 aromatic rings. The maximum absolute atomic E-state index is 13.1. The SMILES string of the molecule is C[C@@H]1CN(S(=O)(=O)c2cccc(C(=O)OCc3cc(Cl)cc4c3OCOC4)c2)C[C@H](C)O1. The molecule has 0 aliphatic carbocycles. The van der Waals surface area contributed by atoms with Gasteiger partial charge in [0.25, 0.3) is 0 Å². The Morgan fingerprint density at radius 3 is 2.69 bits per heavy atom. The Bertz CT molecular complexity index is 1110. The number of hydrogen-bond acceptors (Lipinski definition) is 7. The molecule has 0 aromatic heterocycles.